The summed E-state index contributed by atoms with van der Waals surface area (Å²) in [5.74, 6) is 0.595. The van der Waals surface area contributed by atoms with Crippen LogP contribution in [0.5, 0.6) is 0 Å². The van der Waals surface area contributed by atoms with Crippen LogP contribution in [0.3, 0.4) is 0 Å². The van der Waals surface area contributed by atoms with E-state index in [1.165, 1.54) is 22.9 Å². The second kappa shape index (κ2) is 14.0. The Labute approximate surface area is 279 Å². The first-order chi connectivity index (χ1) is 22.5. The highest BCUT2D eigenvalue weighted by Gasteiger charge is 2.30. The van der Waals surface area contributed by atoms with E-state index in [9.17, 15) is 22.6 Å². The predicted octanol–water partition coefficient (Wildman–Crippen LogP) is 5.82. The number of hydrogen-bond acceptors (Lipinski definition) is 8. The monoisotopic (exact) mass is 684 g/mol. The molecule has 2 aliphatic rings. The molecule has 2 atom stereocenters. The number of aromatic nitrogens is 3. The van der Waals surface area contributed by atoms with Gasteiger partial charge in [0.05, 0.1) is 11.8 Å². The van der Waals surface area contributed by atoms with Crippen molar-refractivity contribution < 1.29 is 17.4 Å². The molecule has 47 heavy (non-hydrogen) atoms. The van der Waals surface area contributed by atoms with Gasteiger partial charge in [0.1, 0.15) is 39.7 Å². The molecule has 5 heterocycles. The van der Waals surface area contributed by atoms with Gasteiger partial charge in [-0.05, 0) is 56.0 Å². The first kappa shape index (κ1) is 33.5. The largest absolute Gasteiger partial charge is 0.393 e. The number of piperidine rings is 1. The lowest BCUT2D eigenvalue weighted by atomic mass is 10.0. The third-order valence-corrected chi connectivity index (χ3v) is 11.7. The lowest BCUT2D eigenvalue weighted by Gasteiger charge is -2.38. The molecule has 2 saturated heterocycles. The first-order valence-corrected chi connectivity index (χ1v) is 17.8. The topological polar surface area (TPSA) is 93.3 Å². The molecular formula is C33H39F3N8OS2. The van der Waals surface area contributed by atoms with Gasteiger partial charge in [0, 0.05) is 85.6 Å². The molecule has 0 spiro atoms. The molecule has 0 radical (unpaired) electrons. The zero-order chi connectivity index (χ0) is 33.3. The van der Waals surface area contributed by atoms with Crippen molar-refractivity contribution in [2.45, 2.75) is 64.5 Å². The number of aryl methyl sites for hydroxylation is 1. The van der Waals surface area contributed by atoms with Crippen LogP contribution < -0.4 is 5.32 Å². The average molecular weight is 685 g/mol. The van der Waals surface area contributed by atoms with Crippen LogP contribution in [0.4, 0.5) is 19.0 Å². The number of anilines is 1. The fourth-order valence-electron chi connectivity index (χ4n) is 6.82. The molecule has 9 nitrogen and oxygen atoms in total. The van der Waals surface area contributed by atoms with E-state index in [0.717, 1.165) is 80.9 Å². The Morgan fingerprint density at radius 1 is 1.13 bits per heavy atom. The maximum atomic E-state index is 12.9. The molecule has 0 aliphatic carbocycles. The molecule has 4 aromatic rings. The first-order valence-electron chi connectivity index (χ1n) is 15.9. The lowest BCUT2D eigenvalue weighted by molar-refractivity contribution is -0.126. The fraction of sp³-hybridized carbons (Fsp3) is 0.485. The zero-order valence-corrected chi connectivity index (χ0v) is 28.2. The summed E-state index contributed by atoms with van der Waals surface area (Å²) in [7, 11) is -1.16. The molecule has 2 aliphatic heterocycles. The van der Waals surface area contributed by atoms with Crippen LogP contribution >= 0.6 is 11.3 Å². The van der Waals surface area contributed by atoms with Crippen LogP contribution in [0.1, 0.15) is 41.5 Å². The van der Waals surface area contributed by atoms with Crippen LogP contribution in [-0.2, 0) is 30.5 Å². The van der Waals surface area contributed by atoms with E-state index in [2.05, 4.69) is 68.3 Å². The van der Waals surface area contributed by atoms with Crippen molar-refractivity contribution in [2.24, 2.45) is 0 Å². The minimum Gasteiger partial charge on any atom is -0.367 e. The third kappa shape index (κ3) is 7.54. The van der Waals surface area contributed by atoms with Crippen LogP contribution in [0.2, 0.25) is 0 Å². The van der Waals surface area contributed by atoms with Gasteiger partial charge in [-0.15, -0.1) is 11.3 Å². The maximum absolute atomic E-state index is 12.9. The molecule has 1 N–H and O–H groups in total. The molecule has 0 saturated carbocycles. The third-order valence-electron chi connectivity index (χ3n) is 9.32. The van der Waals surface area contributed by atoms with Gasteiger partial charge in [-0.2, -0.15) is 18.4 Å². The number of halogens is 3. The molecule has 2 fully saturated rings. The van der Waals surface area contributed by atoms with Crippen LogP contribution in [0.15, 0.2) is 42.6 Å². The second-order valence-corrected chi connectivity index (χ2v) is 14.9. The molecule has 2 unspecified atom stereocenters. The van der Waals surface area contributed by atoms with E-state index in [1.807, 2.05) is 10.4 Å². The normalized spacial score (nSPS) is 19.7. The number of benzene rings is 1. The summed E-state index contributed by atoms with van der Waals surface area (Å²) in [5, 5.41) is 16.7. The number of nitrogens with zero attached hydrogens (tertiary/aromatic N) is 7. The van der Waals surface area contributed by atoms with Crippen molar-refractivity contribution in [1.29, 1.82) is 5.26 Å². The number of thiophene rings is 1. The van der Waals surface area contributed by atoms with Crippen LogP contribution in [0.25, 0.3) is 21.1 Å². The SMILES string of the molecule is C=CS(=O)N1CCN(CCn2c(C#N)cc3c(C)c(CN4CCC(Nc5ncnc6sc(CC(F)(F)F)cc56)CC4)ccc32)CC1C. The van der Waals surface area contributed by atoms with Gasteiger partial charge >= 0.3 is 6.18 Å². The summed E-state index contributed by atoms with van der Waals surface area (Å²) in [5.41, 5.74) is 4.14. The van der Waals surface area contributed by atoms with Crippen molar-refractivity contribution in [3.05, 3.63) is 64.3 Å². The van der Waals surface area contributed by atoms with Gasteiger partial charge in [0.25, 0.3) is 0 Å². The van der Waals surface area contributed by atoms with Gasteiger partial charge in [-0.1, -0.05) is 12.6 Å². The van der Waals surface area contributed by atoms with E-state index >= 15 is 0 Å². The van der Waals surface area contributed by atoms with Gasteiger partial charge in [0.15, 0.2) is 0 Å². The van der Waals surface area contributed by atoms with E-state index in [4.69, 9.17) is 0 Å². The van der Waals surface area contributed by atoms with Crippen molar-refractivity contribution in [3.8, 4) is 6.07 Å². The van der Waals surface area contributed by atoms with E-state index in [-0.39, 0.29) is 17.0 Å². The highest BCUT2D eigenvalue weighted by atomic mass is 32.2. The van der Waals surface area contributed by atoms with Gasteiger partial charge in [0.2, 0.25) is 0 Å². The molecule has 0 amide bonds. The molecular weight excluding hydrogens is 646 g/mol. The van der Waals surface area contributed by atoms with E-state index in [0.29, 0.717) is 28.3 Å². The predicted molar refractivity (Wildman–Crippen MR) is 181 cm³/mol. The van der Waals surface area contributed by atoms with E-state index in [1.54, 1.807) is 6.07 Å². The Kier molecular flexibility index (Phi) is 10.0. The number of alkyl halides is 3. The summed E-state index contributed by atoms with van der Waals surface area (Å²) < 4.78 is 55.1. The van der Waals surface area contributed by atoms with Gasteiger partial charge < -0.3 is 9.88 Å². The van der Waals surface area contributed by atoms with E-state index < -0.39 is 23.6 Å². The average Bonchev–Trinajstić information content (AvgIpc) is 3.62. The number of nitrogens with one attached hydrogen (secondary N) is 1. The van der Waals surface area contributed by atoms with Crippen LogP contribution in [0, 0.1) is 18.3 Å². The number of hydrogen-bond donors (Lipinski definition) is 1. The Bertz CT molecular complexity index is 1820. The molecule has 0 bridgehead atoms. The smallest absolute Gasteiger partial charge is 0.367 e. The van der Waals surface area contributed by atoms with Crippen molar-refractivity contribution in [3.63, 3.8) is 0 Å². The number of likely N-dealkylation sites (tertiary alicyclic amines) is 1. The van der Waals surface area contributed by atoms with Crippen molar-refractivity contribution >= 4 is 49.3 Å². The van der Waals surface area contributed by atoms with Crippen LogP contribution in [-0.4, -0.2) is 90.4 Å². The Hall–Kier alpha value is -3.35. The quantitative estimate of drug-likeness (QED) is 0.225. The minimum atomic E-state index is -4.26. The standard InChI is InChI=1S/C33H39F3N8OS2/c1-4-47(45)44-14-12-42(19-22(44)2)11-13-43-26(18-37)15-28-23(3)24(5-6-30(28)43)20-41-9-7-25(8-10-41)40-31-29-16-27(17-33(34,35)36)46-32(29)39-21-38-31/h4-6,15-16,21-22,25H,1,7-14,17,19-20H2,2-3H3,(H,38,39,40). The summed E-state index contributed by atoms with van der Waals surface area (Å²) >= 11 is 1.06. The number of nitriles is 1. The number of rotatable bonds is 10. The molecule has 14 heteroatoms. The zero-order valence-electron chi connectivity index (χ0n) is 26.6. The highest BCUT2D eigenvalue weighted by molar-refractivity contribution is 7.85. The van der Waals surface area contributed by atoms with Gasteiger partial charge in [-0.3, -0.25) is 9.80 Å². The molecule has 3 aromatic heterocycles. The summed E-state index contributed by atoms with van der Waals surface area (Å²) in [4.78, 5) is 14.1. The maximum Gasteiger partial charge on any atom is 0.393 e. The van der Waals surface area contributed by atoms with Crippen molar-refractivity contribution in [2.75, 3.05) is 44.6 Å². The summed E-state index contributed by atoms with van der Waals surface area (Å²) in [6, 6.07) is 10.6. The lowest BCUT2D eigenvalue weighted by Crippen LogP contribution is -2.52. The minimum absolute atomic E-state index is 0.161. The second-order valence-electron chi connectivity index (χ2n) is 12.4. The number of piperazine rings is 1. The summed E-state index contributed by atoms with van der Waals surface area (Å²) in [6.45, 7) is 14.3. The van der Waals surface area contributed by atoms with Crippen molar-refractivity contribution in [1.82, 2.24) is 28.6 Å². The molecule has 250 valence electrons. The number of fused-ring (bicyclic) bond motifs is 2. The highest BCUT2D eigenvalue weighted by Crippen LogP contribution is 2.33. The Morgan fingerprint density at radius 3 is 2.62 bits per heavy atom. The fourth-order valence-corrected chi connectivity index (χ4v) is 8.73. The Balaban J connectivity index is 1.07. The summed E-state index contributed by atoms with van der Waals surface area (Å²) in [6.07, 6.45) is -2.03. The van der Waals surface area contributed by atoms with Gasteiger partial charge in [-0.25, -0.2) is 18.5 Å². The molecule has 6 rings (SSSR count). The molecule has 1 aromatic carbocycles. The Morgan fingerprint density at radius 2 is 1.91 bits per heavy atom.